The van der Waals surface area contributed by atoms with Crippen molar-refractivity contribution in [1.29, 1.82) is 0 Å². The summed E-state index contributed by atoms with van der Waals surface area (Å²) in [5, 5.41) is 2.99. The van der Waals surface area contributed by atoms with Crippen molar-refractivity contribution in [3.63, 3.8) is 0 Å². The van der Waals surface area contributed by atoms with E-state index in [4.69, 9.17) is 9.47 Å². The summed E-state index contributed by atoms with van der Waals surface area (Å²) in [5.41, 5.74) is 0.452. The highest BCUT2D eigenvalue weighted by atomic mass is 16.5. The Labute approximate surface area is 136 Å². The maximum absolute atomic E-state index is 12.8. The van der Waals surface area contributed by atoms with Crippen LogP contribution >= 0.6 is 0 Å². The molecule has 2 amide bonds. The van der Waals surface area contributed by atoms with Gasteiger partial charge in [0, 0.05) is 25.6 Å². The lowest BCUT2D eigenvalue weighted by atomic mass is 10.0. The quantitative estimate of drug-likeness (QED) is 0.899. The lowest BCUT2D eigenvalue weighted by Gasteiger charge is -2.33. The molecule has 0 unspecified atom stereocenters. The van der Waals surface area contributed by atoms with E-state index in [1.807, 2.05) is 6.92 Å². The number of nitrogens with zero attached hydrogens (tertiary/aromatic N) is 1. The number of amides is 2. The number of ether oxygens (including phenoxy) is 2. The molecule has 1 fully saturated rings. The smallest absolute Gasteiger partial charge is 0.261 e. The lowest BCUT2D eigenvalue weighted by molar-refractivity contribution is -0.121. The number of carbonyl (C=O) groups excluding carboxylic acids is 2. The Bertz CT molecular complexity index is 543. The molecule has 1 saturated heterocycles. The normalized spacial score (nSPS) is 15.2. The number of hydrogen-bond donors (Lipinski definition) is 1. The van der Waals surface area contributed by atoms with Gasteiger partial charge in [0.15, 0.2) is 0 Å². The van der Waals surface area contributed by atoms with E-state index >= 15 is 0 Å². The van der Waals surface area contributed by atoms with Crippen LogP contribution in [0.4, 0.5) is 0 Å². The zero-order chi connectivity index (χ0) is 16.8. The number of hydrogen-bond acceptors (Lipinski definition) is 4. The zero-order valence-corrected chi connectivity index (χ0v) is 13.9. The fourth-order valence-corrected chi connectivity index (χ4v) is 2.78. The van der Waals surface area contributed by atoms with Gasteiger partial charge in [0.2, 0.25) is 5.91 Å². The number of benzene rings is 1. The average Bonchev–Trinajstić information content (AvgIpc) is 2.60. The molecule has 1 aromatic carbocycles. The highest BCUT2D eigenvalue weighted by Gasteiger charge is 2.28. The number of rotatable bonds is 5. The summed E-state index contributed by atoms with van der Waals surface area (Å²) in [6.07, 6.45) is 2.00. The summed E-state index contributed by atoms with van der Waals surface area (Å²) in [5.74, 6) is 0.979. The van der Waals surface area contributed by atoms with Gasteiger partial charge in [-0.15, -0.1) is 0 Å². The first-order valence-electron chi connectivity index (χ1n) is 7.90. The minimum absolute atomic E-state index is 0.0566. The Morgan fingerprint density at radius 1 is 1.17 bits per heavy atom. The Morgan fingerprint density at radius 2 is 1.74 bits per heavy atom. The van der Waals surface area contributed by atoms with Crippen molar-refractivity contribution in [1.82, 2.24) is 10.2 Å². The molecule has 0 radical (unpaired) electrons. The molecular weight excluding hydrogens is 296 g/mol. The van der Waals surface area contributed by atoms with Crippen LogP contribution in [0.5, 0.6) is 11.5 Å². The molecule has 2 rings (SSSR count). The average molecular weight is 320 g/mol. The van der Waals surface area contributed by atoms with Gasteiger partial charge >= 0.3 is 0 Å². The summed E-state index contributed by atoms with van der Waals surface area (Å²) in [7, 11) is 3.08. The fraction of sp³-hybridized carbons (Fsp3) is 0.529. The maximum atomic E-state index is 12.8. The van der Waals surface area contributed by atoms with Crippen LogP contribution in [0.1, 0.15) is 36.5 Å². The summed E-state index contributed by atoms with van der Waals surface area (Å²) < 4.78 is 10.6. The first-order chi connectivity index (χ1) is 11.1. The second-order valence-corrected chi connectivity index (χ2v) is 5.53. The number of nitrogens with one attached hydrogen (secondary N) is 1. The van der Waals surface area contributed by atoms with E-state index in [0.717, 1.165) is 12.8 Å². The standard InChI is InChI=1S/C17H24N2O4/c1-4-15(20)18-12-8-10-19(11-9-12)17(21)16-13(22-2)6-5-7-14(16)23-3/h5-7,12H,4,8-11H2,1-3H3,(H,18,20). The SMILES string of the molecule is CCC(=O)NC1CCN(C(=O)c2c(OC)cccc2OC)CC1. The third-order valence-electron chi connectivity index (χ3n) is 4.11. The van der Waals surface area contributed by atoms with Gasteiger partial charge in [-0.05, 0) is 25.0 Å². The van der Waals surface area contributed by atoms with Crippen LogP contribution in [0.15, 0.2) is 18.2 Å². The van der Waals surface area contributed by atoms with Crippen LogP contribution in [0, 0.1) is 0 Å². The van der Waals surface area contributed by atoms with Crippen LogP contribution in [0.3, 0.4) is 0 Å². The molecule has 6 nitrogen and oxygen atoms in total. The van der Waals surface area contributed by atoms with Gasteiger partial charge in [0.25, 0.3) is 5.91 Å². The molecule has 0 saturated carbocycles. The largest absolute Gasteiger partial charge is 0.496 e. The van der Waals surface area contributed by atoms with Gasteiger partial charge in [-0.25, -0.2) is 0 Å². The second kappa shape index (κ2) is 7.85. The van der Waals surface area contributed by atoms with Crippen molar-refractivity contribution in [3.05, 3.63) is 23.8 Å². The summed E-state index contributed by atoms with van der Waals surface area (Å²) in [6, 6.07) is 5.45. The van der Waals surface area contributed by atoms with Crippen LogP contribution < -0.4 is 14.8 Å². The fourth-order valence-electron chi connectivity index (χ4n) is 2.78. The van der Waals surface area contributed by atoms with Gasteiger partial charge in [-0.1, -0.05) is 13.0 Å². The maximum Gasteiger partial charge on any atom is 0.261 e. The highest BCUT2D eigenvalue weighted by Crippen LogP contribution is 2.30. The van der Waals surface area contributed by atoms with Crippen LogP contribution in [-0.4, -0.2) is 50.1 Å². The summed E-state index contributed by atoms with van der Waals surface area (Å²) in [6.45, 7) is 3.05. The number of methoxy groups -OCH3 is 2. The third-order valence-corrected chi connectivity index (χ3v) is 4.11. The topological polar surface area (TPSA) is 67.9 Å². The van der Waals surface area contributed by atoms with E-state index in [-0.39, 0.29) is 17.9 Å². The lowest BCUT2D eigenvalue weighted by Crippen LogP contribution is -2.46. The van der Waals surface area contributed by atoms with Gasteiger partial charge in [-0.3, -0.25) is 9.59 Å². The Balaban J connectivity index is 2.07. The third kappa shape index (κ3) is 3.94. The van der Waals surface area contributed by atoms with E-state index in [2.05, 4.69) is 5.32 Å². The first kappa shape index (κ1) is 17.1. The van der Waals surface area contributed by atoms with Crippen molar-refractivity contribution < 1.29 is 19.1 Å². The minimum atomic E-state index is -0.0976. The molecule has 0 aliphatic carbocycles. The molecule has 1 heterocycles. The van der Waals surface area contributed by atoms with Crippen molar-refractivity contribution in [2.75, 3.05) is 27.3 Å². The second-order valence-electron chi connectivity index (χ2n) is 5.53. The molecule has 1 aliphatic rings. The number of carbonyl (C=O) groups is 2. The minimum Gasteiger partial charge on any atom is -0.496 e. The van der Waals surface area contributed by atoms with Gasteiger partial charge < -0.3 is 19.7 Å². The van der Waals surface area contributed by atoms with Crippen LogP contribution in [0.25, 0.3) is 0 Å². The van der Waals surface area contributed by atoms with Crippen molar-refractivity contribution in [2.24, 2.45) is 0 Å². The first-order valence-corrected chi connectivity index (χ1v) is 7.90. The van der Waals surface area contributed by atoms with Gasteiger partial charge in [0.05, 0.1) is 14.2 Å². The van der Waals surface area contributed by atoms with E-state index in [9.17, 15) is 9.59 Å². The molecule has 126 valence electrons. The van der Waals surface area contributed by atoms with Crippen molar-refractivity contribution in [3.8, 4) is 11.5 Å². The Morgan fingerprint density at radius 3 is 2.22 bits per heavy atom. The highest BCUT2D eigenvalue weighted by molar-refractivity contribution is 5.99. The summed E-state index contributed by atoms with van der Waals surface area (Å²) >= 11 is 0. The molecule has 0 aromatic heterocycles. The van der Waals surface area contributed by atoms with E-state index < -0.39 is 0 Å². The number of likely N-dealkylation sites (tertiary alicyclic amines) is 1. The molecule has 0 bridgehead atoms. The molecular formula is C17H24N2O4. The molecule has 1 N–H and O–H groups in total. The molecule has 0 atom stereocenters. The molecule has 1 aliphatic heterocycles. The van der Waals surface area contributed by atoms with Gasteiger partial charge in [0.1, 0.15) is 17.1 Å². The predicted molar refractivity (Wildman–Crippen MR) is 86.9 cm³/mol. The van der Waals surface area contributed by atoms with E-state index in [0.29, 0.717) is 36.6 Å². The molecule has 0 spiro atoms. The number of piperidine rings is 1. The summed E-state index contributed by atoms with van der Waals surface area (Å²) in [4.78, 5) is 26.1. The van der Waals surface area contributed by atoms with E-state index in [1.165, 1.54) is 14.2 Å². The van der Waals surface area contributed by atoms with Crippen LogP contribution in [0.2, 0.25) is 0 Å². The Hall–Kier alpha value is -2.24. The zero-order valence-electron chi connectivity index (χ0n) is 13.9. The van der Waals surface area contributed by atoms with Gasteiger partial charge in [-0.2, -0.15) is 0 Å². The van der Waals surface area contributed by atoms with E-state index in [1.54, 1.807) is 23.1 Å². The van der Waals surface area contributed by atoms with Crippen molar-refractivity contribution >= 4 is 11.8 Å². The molecule has 6 heteroatoms. The predicted octanol–water partition coefficient (Wildman–Crippen LogP) is 1.83. The molecule has 23 heavy (non-hydrogen) atoms. The van der Waals surface area contributed by atoms with Crippen molar-refractivity contribution in [2.45, 2.75) is 32.2 Å². The van der Waals surface area contributed by atoms with Crippen LogP contribution in [-0.2, 0) is 4.79 Å². The molecule has 1 aromatic rings. The monoisotopic (exact) mass is 320 g/mol. The Kier molecular flexibility index (Phi) is 5.84.